The summed E-state index contributed by atoms with van der Waals surface area (Å²) in [7, 11) is 1.42. The summed E-state index contributed by atoms with van der Waals surface area (Å²) in [5.74, 6) is 0.698. The molecule has 0 saturated heterocycles. The summed E-state index contributed by atoms with van der Waals surface area (Å²) in [5.41, 5.74) is 2.38. The van der Waals surface area contributed by atoms with E-state index < -0.39 is 0 Å². The van der Waals surface area contributed by atoms with Crippen molar-refractivity contribution in [1.29, 1.82) is 0 Å². The fourth-order valence-electron chi connectivity index (χ4n) is 2.70. The van der Waals surface area contributed by atoms with Crippen LogP contribution in [-0.2, 0) is 22.4 Å². The Kier molecular flexibility index (Phi) is 5.32. The molecule has 0 aliphatic heterocycles. The summed E-state index contributed by atoms with van der Waals surface area (Å²) >= 11 is 0. The minimum atomic E-state index is -0.223. The van der Waals surface area contributed by atoms with Crippen LogP contribution in [0.15, 0.2) is 6.33 Å². The number of hydrogen-bond donors (Lipinski definition) is 0. The van der Waals surface area contributed by atoms with Crippen LogP contribution in [-0.4, -0.2) is 36.1 Å². The molecule has 0 radical (unpaired) electrons. The van der Waals surface area contributed by atoms with Crippen molar-refractivity contribution in [2.75, 3.05) is 25.1 Å². The molecule has 0 fully saturated rings. The zero-order valence-corrected chi connectivity index (χ0v) is 12.4. The maximum Gasteiger partial charge on any atom is 0.325 e. The molecule has 0 atom stereocenters. The number of ether oxygens (including phenoxy) is 1. The molecule has 0 amide bonds. The molecule has 1 aromatic heterocycles. The second kappa shape index (κ2) is 7.22. The average molecular weight is 277 g/mol. The summed E-state index contributed by atoms with van der Waals surface area (Å²) in [6, 6.07) is 0. The highest BCUT2D eigenvalue weighted by Crippen LogP contribution is 2.26. The molecule has 20 heavy (non-hydrogen) atoms. The molecule has 1 aliphatic carbocycles. The number of nitrogens with zero attached hydrogens (tertiary/aromatic N) is 3. The van der Waals surface area contributed by atoms with Crippen molar-refractivity contribution in [2.24, 2.45) is 0 Å². The van der Waals surface area contributed by atoms with Crippen LogP contribution in [0.2, 0.25) is 0 Å². The lowest BCUT2D eigenvalue weighted by Crippen LogP contribution is -2.33. The first-order valence-corrected chi connectivity index (χ1v) is 7.40. The Balaban J connectivity index is 2.30. The molecule has 0 aromatic carbocycles. The number of carbonyl (C=O) groups is 1. The number of anilines is 1. The van der Waals surface area contributed by atoms with E-state index in [0.29, 0.717) is 0 Å². The third kappa shape index (κ3) is 3.46. The molecule has 0 unspecified atom stereocenters. The van der Waals surface area contributed by atoms with Crippen molar-refractivity contribution < 1.29 is 9.53 Å². The molecular weight excluding hydrogens is 254 g/mol. The molecule has 110 valence electrons. The highest BCUT2D eigenvalue weighted by Gasteiger charge is 2.20. The molecule has 1 heterocycles. The molecule has 1 aromatic rings. The van der Waals surface area contributed by atoms with Gasteiger partial charge in [0.15, 0.2) is 0 Å². The Bertz CT molecular complexity index is 462. The van der Waals surface area contributed by atoms with Crippen molar-refractivity contribution in [2.45, 2.75) is 45.4 Å². The lowest BCUT2D eigenvalue weighted by molar-refractivity contribution is -0.138. The maximum absolute atomic E-state index is 11.6. The minimum Gasteiger partial charge on any atom is -0.468 e. The molecule has 5 nitrogen and oxygen atoms in total. The highest BCUT2D eigenvalue weighted by atomic mass is 16.5. The van der Waals surface area contributed by atoms with Crippen molar-refractivity contribution >= 4 is 11.8 Å². The Labute approximate surface area is 120 Å². The summed E-state index contributed by atoms with van der Waals surface area (Å²) in [5, 5.41) is 0. The van der Waals surface area contributed by atoms with E-state index in [9.17, 15) is 4.79 Å². The molecule has 0 spiro atoms. The normalized spacial score (nSPS) is 14.3. The van der Waals surface area contributed by atoms with Gasteiger partial charge in [-0.05, 0) is 32.1 Å². The quantitative estimate of drug-likeness (QED) is 0.609. The SMILES string of the molecule is CCCN(CC(=O)OC)c1ncnc2c1CCCCC2. The Morgan fingerprint density at radius 3 is 2.85 bits per heavy atom. The average Bonchev–Trinajstić information content (AvgIpc) is 2.71. The summed E-state index contributed by atoms with van der Waals surface area (Å²) in [6.07, 6.45) is 8.21. The van der Waals surface area contributed by atoms with Crippen LogP contribution in [0.4, 0.5) is 5.82 Å². The monoisotopic (exact) mass is 277 g/mol. The Hall–Kier alpha value is -1.65. The van der Waals surface area contributed by atoms with Crippen molar-refractivity contribution in [3.63, 3.8) is 0 Å². The fourth-order valence-corrected chi connectivity index (χ4v) is 2.70. The lowest BCUT2D eigenvalue weighted by atomic mass is 10.1. The van der Waals surface area contributed by atoms with Crippen LogP contribution in [0.1, 0.15) is 43.9 Å². The predicted octanol–water partition coefficient (Wildman–Crippen LogP) is 2.13. The third-order valence-corrected chi connectivity index (χ3v) is 3.69. The number of fused-ring (bicyclic) bond motifs is 1. The van der Waals surface area contributed by atoms with E-state index in [1.54, 1.807) is 6.33 Å². The van der Waals surface area contributed by atoms with Crippen LogP contribution in [0.25, 0.3) is 0 Å². The number of methoxy groups -OCH3 is 1. The zero-order chi connectivity index (χ0) is 14.4. The summed E-state index contributed by atoms with van der Waals surface area (Å²) < 4.78 is 4.79. The van der Waals surface area contributed by atoms with Gasteiger partial charge < -0.3 is 9.64 Å². The molecule has 0 N–H and O–H groups in total. The minimum absolute atomic E-state index is 0.223. The molecule has 0 saturated carbocycles. The molecule has 2 rings (SSSR count). The van der Waals surface area contributed by atoms with Gasteiger partial charge >= 0.3 is 5.97 Å². The largest absolute Gasteiger partial charge is 0.468 e. The van der Waals surface area contributed by atoms with E-state index in [-0.39, 0.29) is 12.5 Å². The second-order valence-electron chi connectivity index (χ2n) is 5.18. The van der Waals surface area contributed by atoms with Gasteiger partial charge in [0, 0.05) is 17.8 Å². The first kappa shape index (κ1) is 14.8. The maximum atomic E-state index is 11.6. The number of rotatable bonds is 5. The number of aryl methyl sites for hydroxylation is 1. The van der Waals surface area contributed by atoms with Crippen LogP contribution >= 0.6 is 0 Å². The fraction of sp³-hybridized carbons (Fsp3) is 0.667. The van der Waals surface area contributed by atoms with Gasteiger partial charge in [-0.15, -0.1) is 0 Å². The smallest absolute Gasteiger partial charge is 0.325 e. The third-order valence-electron chi connectivity index (χ3n) is 3.69. The second-order valence-corrected chi connectivity index (χ2v) is 5.18. The van der Waals surface area contributed by atoms with Gasteiger partial charge in [-0.3, -0.25) is 4.79 Å². The van der Waals surface area contributed by atoms with Gasteiger partial charge in [0.1, 0.15) is 18.7 Å². The Morgan fingerprint density at radius 1 is 1.30 bits per heavy atom. The number of esters is 1. The number of hydrogen-bond acceptors (Lipinski definition) is 5. The van der Waals surface area contributed by atoms with Crippen molar-refractivity contribution in [1.82, 2.24) is 9.97 Å². The molecule has 0 bridgehead atoms. The first-order valence-electron chi connectivity index (χ1n) is 7.40. The topological polar surface area (TPSA) is 55.3 Å². The van der Waals surface area contributed by atoms with Gasteiger partial charge in [0.25, 0.3) is 0 Å². The van der Waals surface area contributed by atoms with E-state index in [1.807, 2.05) is 4.90 Å². The van der Waals surface area contributed by atoms with Gasteiger partial charge in [0.2, 0.25) is 0 Å². The van der Waals surface area contributed by atoms with E-state index in [1.165, 1.54) is 31.9 Å². The first-order chi connectivity index (χ1) is 9.76. The standard InChI is InChI=1S/C15H23N3O2/c1-3-9-18(10-14(19)20-2)15-12-7-5-4-6-8-13(12)16-11-17-15/h11H,3-10H2,1-2H3. The number of aromatic nitrogens is 2. The summed E-state index contributed by atoms with van der Waals surface area (Å²) in [6.45, 7) is 3.16. The van der Waals surface area contributed by atoms with Crippen molar-refractivity contribution in [3.05, 3.63) is 17.6 Å². The van der Waals surface area contributed by atoms with E-state index in [0.717, 1.165) is 37.3 Å². The molecular formula is C15H23N3O2. The van der Waals surface area contributed by atoms with Crippen molar-refractivity contribution in [3.8, 4) is 0 Å². The number of carbonyl (C=O) groups excluding carboxylic acids is 1. The van der Waals surface area contributed by atoms with Crippen LogP contribution < -0.4 is 4.90 Å². The van der Waals surface area contributed by atoms with Crippen LogP contribution in [0, 0.1) is 0 Å². The van der Waals surface area contributed by atoms with Crippen LogP contribution in [0.5, 0.6) is 0 Å². The Morgan fingerprint density at radius 2 is 2.10 bits per heavy atom. The predicted molar refractivity (Wildman–Crippen MR) is 77.8 cm³/mol. The molecule has 1 aliphatic rings. The van der Waals surface area contributed by atoms with Gasteiger partial charge in [-0.1, -0.05) is 13.3 Å². The van der Waals surface area contributed by atoms with Gasteiger partial charge in [-0.25, -0.2) is 9.97 Å². The zero-order valence-electron chi connectivity index (χ0n) is 12.4. The lowest BCUT2D eigenvalue weighted by Gasteiger charge is -2.24. The van der Waals surface area contributed by atoms with Crippen LogP contribution in [0.3, 0.4) is 0 Å². The van der Waals surface area contributed by atoms with E-state index in [2.05, 4.69) is 16.9 Å². The van der Waals surface area contributed by atoms with Gasteiger partial charge in [0.05, 0.1) is 7.11 Å². The summed E-state index contributed by atoms with van der Waals surface area (Å²) in [4.78, 5) is 22.5. The molecule has 5 heteroatoms. The highest BCUT2D eigenvalue weighted by molar-refractivity contribution is 5.75. The van der Waals surface area contributed by atoms with E-state index in [4.69, 9.17) is 4.74 Å². The van der Waals surface area contributed by atoms with Gasteiger partial charge in [-0.2, -0.15) is 0 Å². The van der Waals surface area contributed by atoms with E-state index >= 15 is 0 Å².